The second-order valence-electron chi connectivity index (χ2n) is 8.54. The van der Waals surface area contributed by atoms with Crippen molar-refractivity contribution in [3.05, 3.63) is 54.1 Å². The first-order valence-corrected chi connectivity index (χ1v) is 10.4. The molecule has 1 saturated heterocycles. The molecular formula is C24H33N3O2. The van der Waals surface area contributed by atoms with E-state index < -0.39 is 0 Å². The van der Waals surface area contributed by atoms with Gasteiger partial charge in [-0.1, -0.05) is 39.0 Å². The molecule has 1 aliphatic heterocycles. The van der Waals surface area contributed by atoms with Crippen molar-refractivity contribution >= 4 is 17.3 Å². The van der Waals surface area contributed by atoms with Crippen LogP contribution in [0.15, 0.2) is 48.5 Å². The molecule has 1 amide bonds. The van der Waals surface area contributed by atoms with Gasteiger partial charge in [-0.25, -0.2) is 0 Å². The first-order chi connectivity index (χ1) is 13.9. The Kier molecular flexibility index (Phi) is 6.68. The van der Waals surface area contributed by atoms with Crippen LogP contribution in [-0.2, 0) is 10.2 Å². The average Bonchev–Trinajstić information content (AvgIpc) is 2.73. The SMILES string of the molecule is COc1ccc(N2CCN(C(=O)CCNc3ccccc3C(C)(C)C)CC2)cc1. The van der Waals surface area contributed by atoms with Crippen LogP contribution < -0.4 is 15.0 Å². The van der Waals surface area contributed by atoms with Crippen LogP contribution in [0.25, 0.3) is 0 Å². The van der Waals surface area contributed by atoms with E-state index in [1.807, 2.05) is 23.1 Å². The van der Waals surface area contributed by atoms with Crippen LogP contribution in [0.3, 0.4) is 0 Å². The zero-order chi connectivity index (χ0) is 20.9. The fourth-order valence-corrected chi connectivity index (χ4v) is 3.76. The van der Waals surface area contributed by atoms with Crippen molar-refractivity contribution in [2.24, 2.45) is 0 Å². The van der Waals surface area contributed by atoms with E-state index in [4.69, 9.17) is 4.74 Å². The third-order valence-electron chi connectivity index (χ3n) is 5.46. The fraction of sp³-hybridized carbons (Fsp3) is 0.458. The predicted molar refractivity (Wildman–Crippen MR) is 120 cm³/mol. The molecule has 2 aromatic rings. The van der Waals surface area contributed by atoms with E-state index in [0.29, 0.717) is 13.0 Å². The topological polar surface area (TPSA) is 44.8 Å². The van der Waals surface area contributed by atoms with Crippen LogP contribution in [0.4, 0.5) is 11.4 Å². The molecule has 29 heavy (non-hydrogen) atoms. The summed E-state index contributed by atoms with van der Waals surface area (Å²) in [5.41, 5.74) is 3.65. The van der Waals surface area contributed by atoms with Gasteiger partial charge in [-0.05, 0) is 41.3 Å². The molecule has 1 N–H and O–H groups in total. The summed E-state index contributed by atoms with van der Waals surface area (Å²) in [4.78, 5) is 17.0. The maximum absolute atomic E-state index is 12.6. The van der Waals surface area contributed by atoms with E-state index in [0.717, 1.165) is 37.6 Å². The van der Waals surface area contributed by atoms with Crippen LogP contribution in [0.1, 0.15) is 32.8 Å². The Morgan fingerprint density at radius 1 is 1.00 bits per heavy atom. The summed E-state index contributed by atoms with van der Waals surface area (Å²) in [5, 5.41) is 3.47. The van der Waals surface area contributed by atoms with Gasteiger partial charge in [0.25, 0.3) is 0 Å². The number of nitrogens with zero attached hydrogens (tertiary/aromatic N) is 2. The molecule has 0 spiro atoms. The van der Waals surface area contributed by atoms with E-state index in [2.05, 4.69) is 61.3 Å². The Morgan fingerprint density at radius 3 is 2.28 bits per heavy atom. The third-order valence-corrected chi connectivity index (χ3v) is 5.46. The standard InChI is InChI=1S/C24H33N3O2/c1-24(2,3)21-7-5-6-8-22(21)25-14-13-23(28)27-17-15-26(16-18-27)19-9-11-20(29-4)12-10-19/h5-12,25H,13-18H2,1-4H3. The van der Waals surface area contributed by atoms with Gasteiger partial charge in [0.15, 0.2) is 0 Å². The summed E-state index contributed by atoms with van der Waals surface area (Å²) < 4.78 is 5.22. The number of methoxy groups -OCH3 is 1. The Hall–Kier alpha value is -2.69. The number of anilines is 2. The van der Waals surface area contributed by atoms with Gasteiger partial charge in [-0.3, -0.25) is 4.79 Å². The van der Waals surface area contributed by atoms with E-state index in [-0.39, 0.29) is 11.3 Å². The number of carbonyl (C=O) groups excluding carboxylic acids is 1. The summed E-state index contributed by atoms with van der Waals surface area (Å²) >= 11 is 0. The minimum atomic E-state index is 0.0748. The van der Waals surface area contributed by atoms with Crippen molar-refractivity contribution in [3.8, 4) is 5.75 Å². The molecule has 5 nitrogen and oxygen atoms in total. The minimum absolute atomic E-state index is 0.0748. The quantitative estimate of drug-likeness (QED) is 0.798. The van der Waals surface area contributed by atoms with Gasteiger partial charge in [-0.15, -0.1) is 0 Å². The molecule has 5 heteroatoms. The molecule has 1 aliphatic rings. The van der Waals surface area contributed by atoms with E-state index in [1.165, 1.54) is 11.3 Å². The van der Waals surface area contributed by atoms with Crippen molar-refractivity contribution in [3.63, 3.8) is 0 Å². The van der Waals surface area contributed by atoms with Crippen molar-refractivity contribution in [1.82, 2.24) is 4.90 Å². The molecule has 0 saturated carbocycles. The van der Waals surface area contributed by atoms with Gasteiger partial charge >= 0.3 is 0 Å². The predicted octanol–water partition coefficient (Wildman–Crippen LogP) is 4.14. The Balaban J connectivity index is 1.47. The molecular weight excluding hydrogens is 362 g/mol. The number of benzene rings is 2. The maximum atomic E-state index is 12.6. The highest BCUT2D eigenvalue weighted by Crippen LogP contribution is 2.29. The largest absolute Gasteiger partial charge is 0.497 e. The van der Waals surface area contributed by atoms with E-state index in [1.54, 1.807) is 7.11 Å². The third kappa shape index (κ3) is 5.43. The summed E-state index contributed by atoms with van der Waals surface area (Å²) in [6.45, 7) is 10.5. The smallest absolute Gasteiger partial charge is 0.224 e. The van der Waals surface area contributed by atoms with Gasteiger partial charge in [0.1, 0.15) is 5.75 Å². The lowest BCUT2D eigenvalue weighted by atomic mass is 9.86. The number of piperazine rings is 1. The molecule has 0 bridgehead atoms. The van der Waals surface area contributed by atoms with Crippen LogP contribution in [0.2, 0.25) is 0 Å². The lowest BCUT2D eigenvalue weighted by Crippen LogP contribution is -2.49. The average molecular weight is 396 g/mol. The van der Waals surface area contributed by atoms with Crippen LogP contribution in [0, 0.1) is 0 Å². The molecule has 0 atom stereocenters. The van der Waals surface area contributed by atoms with Gasteiger partial charge in [-0.2, -0.15) is 0 Å². The highest BCUT2D eigenvalue weighted by atomic mass is 16.5. The number of rotatable bonds is 6. The lowest BCUT2D eigenvalue weighted by molar-refractivity contribution is -0.131. The zero-order valence-electron chi connectivity index (χ0n) is 18.1. The van der Waals surface area contributed by atoms with Gasteiger partial charge in [0.2, 0.25) is 5.91 Å². The molecule has 0 unspecified atom stereocenters. The zero-order valence-corrected chi connectivity index (χ0v) is 18.1. The van der Waals surface area contributed by atoms with Crippen molar-refractivity contribution in [2.45, 2.75) is 32.6 Å². The number of carbonyl (C=O) groups is 1. The van der Waals surface area contributed by atoms with Crippen LogP contribution >= 0.6 is 0 Å². The van der Waals surface area contributed by atoms with E-state index in [9.17, 15) is 4.79 Å². The second kappa shape index (κ2) is 9.21. The van der Waals surface area contributed by atoms with Gasteiger partial charge < -0.3 is 19.9 Å². The molecule has 3 rings (SSSR count). The van der Waals surface area contributed by atoms with Crippen molar-refractivity contribution in [1.29, 1.82) is 0 Å². The number of para-hydroxylation sites is 1. The van der Waals surface area contributed by atoms with E-state index >= 15 is 0 Å². The maximum Gasteiger partial charge on any atom is 0.224 e. The second-order valence-corrected chi connectivity index (χ2v) is 8.54. The summed E-state index contributed by atoms with van der Waals surface area (Å²) in [6, 6.07) is 16.5. The molecule has 1 heterocycles. The number of amides is 1. The Bertz CT molecular complexity index is 804. The minimum Gasteiger partial charge on any atom is -0.497 e. The summed E-state index contributed by atoms with van der Waals surface area (Å²) in [7, 11) is 1.68. The van der Waals surface area contributed by atoms with Crippen molar-refractivity contribution in [2.75, 3.05) is 50.1 Å². The summed E-state index contributed by atoms with van der Waals surface area (Å²) in [6.07, 6.45) is 0.515. The van der Waals surface area contributed by atoms with Gasteiger partial charge in [0, 0.05) is 50.5 Å². The lowest BCUT2D eigenvalue weighted by Gasteiger charge is -2.36. The molecule has 0 radical (unpaired) electrons. The van der Waals surface area contributed by atoms with Crippen LogP contribution in [-0.4, -0.2) is 50.6 Å². The molecule has 2 aromatic carbocycles. The highest BCUT2D eigenvalue weighted by molar-refractivity contribution is 5.77. The first kappa shape index (κ1) is 21.0. The normalized spacial score (nSPS) is 14.6. The summed E-state index contributed by atoms with van der Waals surface area (Å²) in [5.74, 6) is 1.09. The Morgan fingerprint density at radius 2 is 1.66 bits per heavy atom. The number of ether oxygens (including phenoxy) is 1. The number of nitrogens with one attached hydrogen (secondary N) is 1. The molecule has 156 valence electrons. The molecule has 0 aromatic heterocycles. The van der Waals surface area contributed by atoms with Crippen LogP contribution in [0.5, 0.6) is 5.75 Å². The number of hydrogen-bond donors (Lipinski definition) is 1. The number of hydrogen-bond acceptors (Lipinski definition) is 4. The van der Waals surface area contributed by atoms with Gasteiger partial charge in [0.05, 0.1) is 7.11 Å². The molecule has 1 fully saturated rings. The Labute approximate surface area is 174 Å². The fourth-order valence-electron chi connectivity index (χ4n) is 3.76. The first-order valence-electron chi connectivity index (χ1n) is 10.4. The van der Waals surface area contributed by atoms with Crippen molar-refractivity contribution < 1.29 is 9.53 Å². The molecule has 0 aliphatic carbocycles. The highest BCUT2D eigenvalue weighted by Gasteiger charge is 2.21. The monoisotopic (exact) mass is 395 g/mol.